The molecule has 0 fully saturated rings. The van der Waals surface area contributed by atoms with Crippen LogP contribution in [0.25, 0.3) is 12.2 Å². The van der Waals surface area contributed by atoms with Crippen molar-refractivity contribution >= 4 is 51.4 Å². The Labute approximate surface area is 159 Å². The van der Waals surface area contributed by atoms with Crippen molar-refractivity contribution in [3.63, 3.8) is 0 Å². The molecule has 0 saturated carbocycles. The maximum Gasteiger partial charge on any atom is 0.104 e. The van der Waals surface area contributed by atoms with E-state index in [1.807, 2.05) is 12.2 Å². The van der Waals surface area contributed by atoms with Gasteiger partial charge in [-0.25, -0.2) is 0 Å². The van der Waals surface area contributed by atoms with Gasteiger partial charge >= 0.3 is 0 Å². The van der Waals surface area contributed by atoms with Crippen LogP contribution < -0.4 is 0 Å². The van der Waals surface area contributed by atoms with E-state index in [0.29, 0.717) is 0 Å². The largest absolute Gasteiger partial charge is 0.107 e. The molecule has 0 amide bonds. The van der Waals surface area contributed by atoms with Gasteiger partial charge in [-0.2, -0.15) is 0 Å². The first-order valence-corrected chi connectivity index (χ1v) is 10.3. The van der Waals surface area contributed by atoms with Gasteiger partial charge in [0.05, 0.1) is 0 Å². The van der Waals surface area contributed by atoms with Crippen LogP contribution in [0.15, 0.2) is 61.7 Å². The second-order valence-electron chi connectivity index (χ2n) is 5.35. The fraction of sp³-hybridized carbons (Fsp3) is 0.190. The Morgan fingerprint density at radius 2 is 1.29 bits per heavy atom. The number of hydrogen-bond acceptors (Lipinski definition) is 3. The SMILES string of the molecule is C=Cc1cccc(CCSC(=S)SCCc2cccc(C=C)c2)c1. The van der Waals surface area contributed by atoms with Gasteiger partial charge < -0.3 is 0 Å². The lowest BCUT2D eigenvalue weighted by molar-refractivity contribution is 1.16. The minimum absolute atomic E-state index is 1.03. The van der Waals surface area contributed by atoms with Gasteiger partial charge in [0.2, 0.25) is 0 Å². The van der Waals surface area contributed by atoms with E-state index in [0.717, 1.165) is 27.9 Å². The van der Waals surface area contributed by atoms with Crippen molar-refractivity contribution in [2.45, 2.75) is 12.8 Å². The first-order valence-electron chi connectivity index (χ1n) is 7.93. The number of rotatable bonds is 8. The molecule has 0 atom stereocenters. The highest BCUT2D eigenvalue weighted by Gasteiger charge is 2.02. The summed E-state index contributed by atoms with van der Waals surface area (Å²) in [6, 6.07) is 17.0. The van der Waals surface area contributed by atoms with Crippen molar-refractivity contribution in [3.8, 4) is 0 Å². The number of thiocarbonyl (C=S) groups is 1. The topological polar surface area (TPSA) is 0 Å². The first-order chi connectivity index (χ1) is 11.7. The van der Waals surface area contributed by atoms with Crippen LogP contribution in [0, 0.1) is 0 Å². The molecule has 2 rings (SSSR count). The lowest BCUT2D eigenvalue weighted by Crippen LogP contribution is -1.95. The van der Waals surface area contributed by atoms with Crippen LogP contribution >= 0.6 is 35.7 Å². The molecule has 124 valence electrons. The number of aryl methyl sites for hydroxylation is 2. The predicted molar refractivity (Wildman–Crippen MR) is 118 cm³/mol. The fourth-order valence-corrected chi connectivity index (χ4v) is 4.64. The second kappa shape index (κ2) is 10.5. The summed E-state index contributed by atoms with van der Waals surface area (Å²) in [6.07, 6.45) is 5.85. The van der Waals surface area contributed by atoms with E-state index in [2.05, 4.69) is 61.7 Å². The molecule has 0 aromatic heterocycles. The molecule has 0 bridgehead atoms. The summed E-state index contributed by atoms with van der Waals surface area (Å²) >= 11 is 9.04. The molecule has 0 aliphatic rings. The lowest BCUT2D eigenvalue weighted by Gasteiger charge is -2.06. The Morgan fingerprint density at radius 3 is 1.71 bits per heavy atom. The quantitative estimate of drug-likeness (QED) is 0.486. The van der Waals surface area contributed by atoms with Crippen molar-refractivity contribution in [3.05, 3.63) is 83.9 Å². The number of benzene rings is 2. The molecular weight excluding hydrogens is 348 g/mol. The summed E-state index contributed by atoms with van der Waals surface area (Å²) in [5.41, 5.74) is 5.04. The van der Waals surface area contributed by atoms with Gasteiger partial charge in [-0.1, -0.05) is 86.1 Å². The summed E-state index contributed by atoms with van der Waals surface area (Å²) in [7, 11) is 0. The van der Waals surface area contributed by atoms with Crippen LogP contribution in [0.2, 0.25) is 0 Å². The van der Waals surface area contributed by atoms with Gasteiger partial charge in [0, 0.05) is 11.5 Å². The minimum atomic E-state index is 1.03. The van der Waals surface area contributed by atoms with Crippen LogP contribution in [0.1, 0.15) is 22.3 Å². The van der Waals surface area contributed by atoms with Crippen molar-refractivity contribution in [1.29, 1.82) is 0 Å². The van der Waals surface area contributed by atoms with Crippen LogP contribution in [-0.2, 0) is 12.8 Å². The summed E-state index contributed by atoms with van der Waals surface area (Å²) in [5.74, 6) is 2.05. The molecule has 0 N–H and O–H groups in total. The first kappa shape index (κ1) is 19.0. The molecule has 0 radical (unpaired) electrons. The third kappa shape index (κ3) is 6.68. The maximum atomic E-state index is 5.48. The lowest BCUT2D eigenvalue weighted by atomic mass is 10.1. The molecule has 0 aliphatic heterocycles. The molecule has 2 aromatic rings. The van der Waals surface area contributed by atoms with Crippen LogP contribution in [0.5, 0.6) is 0 Å². The Kier molecular flexibility index (Phi) is 8.37. The summed E-state index contributed by atoms with van der Waals surface area (Å²) in [5, 5.41) is 0. The minimum Gasteiger partial charge on any atom is -0.107 e. The molecule has 2 aromatic carbocycles. The Balaban J connectivity index is 1.67. The summed E-state index contributed by atoms with van der Waals surface area (Å²) in [4.78, 5) is 0. The Bertz CT molecular complexity index is 644. The zero-order chi connectivity index (χ0) is 17.2. The average molecular weight is 371 g/mol. The van der Waals surface area contributed by atoms with E-state index >= 15 is 0 Å². The highest BCUT2D eigenvalue weighted by atomic mass is 32.2. The number of thioether (sulfide) groups is 2. The third-order valence-corrected chi connectivity index (χ3v) is 6.30. The maximum absolute atomic E-state index is 5.48. The standard InChI is InChI=1S/C21H22S3/c1-3-17-7-5-9-19(15-17)11-13-23-21(22)24-14-12-20-10-6-8-18(4-2)16-20/h3-10,15-16H,1-2,11-14H2. The third-order valence-electron chi connectivity index (χ3n) is 3.59. The van der Waals surface area contributed by atoms with Crippen molar-refractivity contribution in [1.82, 2.24) is 0 Å². The molecule has 3 heteroatoms. The van der Waals surface area contributed by atoms with E-state index in [-0.39, 0.29) is 0 Å². The Hall–Kier alpha value is -1.29. The van der Waals surface area contributed by atoms with Gasteiger partial charge in [-0.15, -0.1) is 23.5 Å². The molecule has 24 heavy (non-hydrogen) atoms. The van der Waals surface area contributed by atoms with E-state index < -0.39 is 0 Å². The van der Waals surface area contributed by atoms with Crippen LogP contribution in [-0.4, -0.2) is 15.0 Å². The van der Waals surface area contributed by atoms with Gasteiger partial charge in [0.15, 0.2) is 0 Å². The molecule has 0 unspecified atom stereocenters. The predicted octanol–water partition coefficient (Wildman–Crippen LogP) is 6.51. The van der Waals surface area contributed by atoms with Crippen molar-refractivity contribution in [2.75, 3.05) is 11.5 Å². The van der Waals surface area contributed by atoms with Gasteiger partial charge in [-0.3, -0.25) is 0 Å². The van der Waals surface area contributed by atoms with Crippen LogP contribution in [0.3, 0.4) is 0 Å². The highest BCUT2D eigenvalue weighted by molar-refractivity contribution is 8.47. The Morgan fingerprint density at radius 1 is 0.833 bits per heavy atom. The monoisotopic (exact) mass is 370 g/mol. The second-order valence-corrected chi connectivity index (χ2v) is 8.74. The summed E-state index contributed by atoms with van der Waals surface area (Å²) in [6.45, 7) is 7.63. The van der Waals surface area contributed by atoms with Gasteiger partial charge in [0.25, 0.3) is 0 Å². The van der Waals surface area contributed by atoms with Crippen molar-refractivity contribution in [2.24, 2.45) is 0 Å². The average Bonchev–Trinajstić information content (AvgIpc) is 2.62. The number of hydrogen-bond donors (Lipinski definition) is 0. The normalized spacial score (nSPS) is 10.3. The fourth-order valence-electron chi connectivity index (χ4n) is 2.30. The van der Waals surface area contributed by atoms with E-state index in [4.69, 9.17) is 12.2 Å². The van der Waals surface area contributed by atoms with E-state index in [1.54, 1.807) is 23.5 Å². The van der Waals surface area contributed by atoms with Crippen molar-refractivity contribution < 1.29 is 0 Å². The summed E-state index contributed by atoms with van der Waals surface area (Å²) < 4.78 is 1.04. The zero-order valence-corrected chi connectivity index (χ0v) is 16.2. The molecule has 0 heterocycles. The van der Waals surface area contributed by atoms with Gasteiger partial charge in [-0.05, 0) is 35.1 Å². The molecular formula is C21H22S3. The highest BCUT2D eigenvalue weighted by Crippen LogP contribution is 2.20. The van der Waals surface area contributed by atoms with E-state index in [9.17, 15) is 0 Å². The molecule has 0 aliphatic carbocycles. The van der Waals surface area contributed by atoms with E-state index in [1.165, 1.54) is 22.3 Å². The zero-order valence-electron chi connectivity index (χ0n) is 13.7. The van der Waals surface area contributed by atoms with Crippen LogP contribution in [0.4, 0.5) is 0 Å². The van der Waals surface area contributed by atoms with Gasteiger partial charge in [0.1, 0.15) is 3.53 Å². The molecule has 0 saturated heterocycles. The molecule has 0 nitrogen and oxygen atoms in total. The smallest absolute Gasteiger partial charge is 0.104 e. The molecule has 0 spiro atoms.